The van der Waals surface area contributed by atoms with Gasteiger partial charge in [-0.1, -0.05) is 25.1 Å². The lowest BCUT2D eigenvalue weighted by Gasteiger charge is -2.33. The number of carbonyl (C=O) groups is 1. The van der Waals surface area contributed by atoms with E-state index < -0.39 is 0 Å². The van der Waals surface area contributed by atoms with Crippen LogP contribution in [0.5, 0.6) is 0 Å². The molecule has 4 nitrogen and oxygen atoms in total. The van der Waals surface area contributed by atoms with Crippen molar-refractivity contribution in [2.45, 2.75) is 13.3 Å². The van der Waals surface area contributed by atoms with E-state index >= 15 is 0 Å². The second-order valence-corrected chi connectivity index (χ2v) is 5.74. The van der Waals surface area contributed by atoms with Crippen molar-refractivity contribution in [2.24, 2.45) is 5.92 Å². The predicted molar refractivity (Wildman–Crippen MR) is 86.3 cm³/mol. The summed E-state index contributed by atoms with van der Waals surface area (Å²) in [6.07, 6.45) is 0.999. The minimum Gasteiger partial charge on any atom is -0.399 e. The summed E-state index contributed by atoms with van der Waals surface area (Å²) >= 11 is 0. The number of amides is 1. The summed E-state index contributed by atoms with van der Waals surface area (Å²) < 4.78 is 0. The van der Waals surface area contributed by atoms with Gasteiger partial charge in [-0.25, -0.2) is 0 Å². The quantitative estimate of drug-likeness (QED) is 0.789. The van der Waals surface area contributed by atoms with E-state index in [0.717, 1.165) is 12.1 Å². The fourth-order valence-electron chi connectivity index (χ4n) is 2.94. The van der Waals surface area contributed by atoms with Crippen molar-refractivity contribution in [2.75, 3.05) is 22.9 Å². The van der Waals surface area contributed by atoms with Gasteiger partial charge >= 0.3 is 0 Å². The number of nitrogen functional groups attached to an aromatic ring is 2. The molecule has 1 unspecified atom stereocenters. The van der Waals surface area contributed by atoms with Crippen LogP contribution in [-0.4, -0.2) is 12.5 Å². The van der Waals surface area contributed by atoms with Crippen LogP contribution in [0.3, 0.4) is 0 Å². The van der Waals surface area contributed by atoms with Crippen LogP contribution in [-0.2, 0) is 6.42 Å². The topological polar surface area (TPSA) is 72.3 Å². The van der Waals surface area contributed by atoms with Crippen molar-refractivity contribution in [3.63, 3.8) is 0 Å². The van der Waals surface area contributed by atoms with E-state index in [1.165, 1.54) is 5.56 Å². The summed E-state index contributed by atoms with van der Waals surface area (Å²) in [5, 5.41) is 0. The summed E-state index contributed by atoms with van der Waals surface area (Å²) in [4.78, 5) is 14.7. The number of para-hydroxylation sites is 1. The first-order chi connectivity index (χ1) is 10.0. The monoisotopic (exact) mass is 281 g/mol. The third-order valence-corrected chi connectivity index (χ3v) is 3.81. The predicted octanol–water partition coefficient (Wildman–Crippen LogP) is 2.69. The molecule has 0 saturated heterocycles. The Balaban J connectivity index is 2.02. The molecule has 108 valence electrons. The molecule has 1 aliphatic rings. The molecule has 0 aromatic heterocycles. The van der Waals surface area contributed by atoms with Gasteiger partial charge in [-0.05, 0) is 42.2 Å². The number of hydrogen-bond donors (Lipinski definition) is 2. The third-order valence-electron chi connectivity index (χ3n) is 3.81. The van der Waals surface area contributed by atoms with Gasteiger partial charge in [0.15, 0.2) is 0 Å². The molecule has 0 aliphatic carbocycles. The molecular weight excluding hydrogens is 262 g/mol. The van der Waals surface area contributed by atoms with E-state index in [1.807, 2.05) is 23.1 Å². The number of rotatable bonds is 1. The van der Waals surface area contributed by atoms with Gasteiger partial charge in [-0.15, -0.1) is 0 Å². The Bertz CT molecular complexity index is 676. The molecule has 1 atom stereocenters. The number of hydrogen-bond acceptors (Lipinski definition) is 3. The molecule has 3 rings (SSSR count). The van der Waals surface area contributed by atoms with E-state index in [-0.39, 0.29) is 5.91 Å². The first-order valence-corrected chi connectivity index (χ1v) is 7.10. The largest absolute Gasteiger partial charge is 0.399 e. The normalized spacial score (nSPS) is 17.4. The van der Waals surface area contributed by atoms with Crippen LogP contribution < -0.4 is 16.4 Å². The van der Waals surface area contributed by atoms with E-state index in [2.05, 4.69) is 13.0 Å². The molecule has 0 saturated carbocycles. The minimum atomic E-state index is -0.0481. The van der Waals surface area contributed by atoms with Gasteiger partial charge < -0.3 is 16.4 Å². The molecule has 0 bridgehead atoms. The van der Waals surface area contributed by atoms with Crippen LogP contribution in [0.2, 0.25) is 0 Å². The molecule has 4 heteroatoms. The van der Waals surface area contributed by atoms with Crippen LogP contribution in [0.1, 0.15) is 22.8 Å². The van der Waals surface area contributed by atoms with Crippen molar-refractivity contribution in [3.8, 4) is 0 Å². The van der Waals surface area contributed by atoms with Crippen LogP contribution in [0, 0.1) is 5.92 Å². The van der Waals surface area contributed by atoms with Crippen LogP contribution in [0.15, 0.2) is 42.5 Å². The third kappa shape index (κ3) is 2.57. The van der Waals surface area contributed by atoms with E-state index in [0.29, 0.717) is 29.4 Å². The zero-order valence-corrected chi connectivity index (χ0v) is 12.0. The summed E-state index contributed by atoms with van der Waals surface area (Å²) in [5.74, 6) is 0.384. The zero-order chi connectivity index (χ0) is 15.0. The Morgan fingerprint density at radius 2 is 1.81 bits per heavy atom. The molecule has 21 heavy (non-hydrogen) atoms. The zero-order valence-electron chi connectivity index (χ0n) is 12.0. The highest BCUT2D eigenvalue weighted by atomic mass is 16.2. The molecule has 1 heterocycles. The van der Waals surface area contributed by atoms with Gasteiger partial charge in [0.2, 0.25) is 0 Å². The van der Waals surface area contributed by atoms with Crippen molar-refractivity contribution in [3.05, 3.63) is 53.6 Å². The molecule has 1 aliphatic heterocycles. The summed E-state index contributed by atoms with van der Waals surface area (Å²) in [7, 11) is 0. The molecule has 1 amide bonds. The van der Waals surface area contributed by atoms with Crippen LogP contribution in [0.4, 0.5) is 17.1 Å². The first-order valence-electron chi connectivity index (χ1n) is 7.10. The highest BCUT2D eigenvalue weighted by Gasteiger charge is 2.27. The standard InChI is InChI=1S/C17H19N3O/c1-11-6-12-4-2-3-5-16(12)20(10-11)17(21)13-7-14(18)9-15(19)8-13/h2-5,7-9,11H,6,10,18-19H2,1H3. The average Bonchev–Trinajstić information content (AvgIpc) is 2.44. The number of fused-ring (bicyclic) bond motifs is 1. The second kappa shape index (κ2) is 5.13. The number of benzene rings is 2. The van der Waals surface area contributed by atoms with Crippen molar-refractivity contribution in [1.82, 2.24) is 0 Å². The summed E-state index contributed by atoms with van der Waals surface area (Å²) in [5.41, 5.74) is 15.4. The molecule has 4 N–H and O–H groups in total. The summed E-state index contributed by atoms with van der Waals surface area (Å²) in [6.45, 7) is 2.87. The fraction of sp³-hybridized carbons (Fsp3) is 0.235. The molecule has 2 aromatic carbocycles. The van der Waals surface area contributed by atoms with Crippen LogP contribution >= 0.6 is 0 Å². The Morgan fingerprint density at radius 1 is 1.14 bits per heavy atom. The molecule has 0 radical (unpaired) electrons. The molecular formula is C17H19N3O. The maximum absolute atomic E-state index is 12.8. The average molecular weight is 281 g/mol. The van der Waals surface area contributed by atoms with Gasteiger partial charge in [0.25, 0.3) is 5.91 Å². The number of nitrogens with two attached hydrogens (primary N) is 2. The lowest BCUT2D eigenvalue weighted by molar-refractivity contribution is 0.0981. The lowest BCUT2D eigenvalue weighted by Crippen LogP contribution is -2.39. The Kier molecular flexibility index (Phi) is 3.29. The summed E-state index contributed by atoms with van der Waals surface area (Å²) in [6, 6.07) is 13.1. The first kappa shape index (κ1) is 13.5. The maximum Gasteiger partial charge on any atom is 0.258 e. The van der Waals surface area contributed by atoms with Gasteiger partial charge in [0.1, 0.15) is 0 Å². The molecule has 0 spiro atoms. The van der Waals surface area contributed by atoms with E-state index in [4.69, 9.17) is 11.5 Å². The fourth-order valence-corrected chi connectivity index (χ4v) is 2.94. The Morgan fingerprint density at radius 3 is 2.52 bits per heavy atom. The second-order valence-electron chi connectivity index (χ2n) is 5.74. The van der Waals surface area contributed by atoms with E-state index in [1.54, 1.807) is 18.2 Å². The van der Waals surface area contributed by atoms with Crippen molar-refractivity contribution < 1.29 is 4.79 Å². The van der Waals surface area contributed by atoms with Crippen LogP contribution in [0.25, 0.3) is 0 Å². The lowest BCUT2D eigenvalue weighted by atomic mass is 9.93. The number of carbonyl (C=O) groups excluding carboxylic acids is 1. The van der Waals surface area contributed by atoms with Crippen molar-refractivity contribution >= 4 is 23.0 Å². The number of nitrogens with zero attached hydrogens (tertiary/aromatic N) is 1. The SMILES string of the molecule is CC1Cc2ccccc2N(C(=O)c2cc(N)cc(N)c2)C1. The van der Waals surface area contributed by atoms with Gasteiger partial charge in [-0.3, -0.25) is 4.79 Å². The van der Waals surface area contributed by atoms with Crippen molar-refractivity contribution in [1.29, 1.82) is 0 Å². The smallest absolute Gasteiger partial charge is 0.258 e. The maximum atomic E-state index is 12.8. The number of anilines is 3. The Hall–Kier alpha value is -2.49. The highest BCUT2D eigenvalue weighted by molar-refractivity contribution is 6.07. The molecule has 0 fully saturated rings. The highest BCUT2D eigenvalue weighted by Crippen LogP contribution is 2.31. The van der Waals surface area contributed by atoms with Gasteiger partial charge in [-0.2, -0.15) is 0 Å². The Labute approximate surface area is 124 Å². The van der Waals surface area contributed by atoms with Gasteiger partial charge in [0, 0.05) is 29.2 Å². The molecule has 2 aromatic rings. The van der Waals surface area contributed by atoms with Gasteiger partial charge in [0.05, 0.1) is 0 Å². The minimum absolute atomic E-state index is 0.0481. The van der Waals surface area contributed by atoms with E-state index in [9.17, 15) is 4.79 Å².